The third-order valence-corrected chi connectivity index (χ3v) is 6.46. The van der Waals surface area contributed by atoms with Crippen LogP contribution in [0.5, 0.6) is 0 Å². The minimum atomic E-state index is -0.501. The largest absolute Gasteiger partial charge is 0.384 e. The minimum Gasteiger partial charge on any atom is -0.384 e. The maximum Gasteiger partial charge on any atom is 0.247 e. The Morgan fingerprint density at radius 3 is 2.67 bits per heavy atom. The monoisotopic (exact) mass is 463 g/mol. The van der Waals surface area contributed by atoms with Gasteiger partial charge in [0.1, 0.15) is 17.7 Å². The SMILES string of the molecule is N=C(N)c1cccc(N2CCCCC2C(=O)Nc2ccc(-c3ccccc3SN)cc2F)c1. The fraction of sp³-hybridized carbons (Fsp3) is 0.200. The number of benzene rings is 3. The first-order valence-electron chi connectivity index (χ1n) is 10.8. The summed E-state index contributed by atoms with van der Waals surface area (Å²) < 4.78 is 15.0. The number of carbonyl (C=O) groups excluding carboxylic acids is 1. The predicted octanol–water partition coefficient (Wildman–Crippen LogP) is 4.74. The molecular formula is C25H26FN5OS. The van der Waals surface area contributed by atoms with Crippen LogP contribution in [0.15, 0.2) is 71.6 Å². The molecule has 0 spiro atoms. The number of amides is 1. The topological polar surface area (TPSA) is 108 Å². The number of nitrogen functional groups attached to an aromatic ring is 1. The van der Waals surface area contributed by atoms with Crippen LogP contribution in [0.25, 0.3) is 11.1 Å². The molecule has 1 aliphatic heterocycles. The van der Waals surface area contributed by atoms with Gasteiger partial charge in [-0.05, 0) is 72.7 Å². The Kier molecular flexibility index (Phi) is 6.96. The Bertz CT molecular complexity index is 1180. The van der Waals surface area contributed by atoms with E-state index in [9.17, 15) is 9.18 Å². The molecule has 1 unspecified atom stereocenters. The van der Waals surface area contributed by atoms with Crippen molar-refractivity contribution in [3.63, 3.8) is 0 Å². The quantitative estimate of drug-likeness (QED) is 0.240. The normalized spacial score (nSPS) is 15.8. The molecule has 0 saturated carbocycles. The molecule has 1 fully saturated rings. The average Bonchev–Trinajstić information content (AvgIpc) is 2.85. The van der Waals surface area contributed by atoms with Crippen molar-refractivity contribution in [1.29, 1.82) is 5.41 Å². The summed E-state index contributed by atoms with van der Waals surface area (Å²) >= 11 is 1.11. The summed E-state index contributed by atoms with van der Waals surface area (Å²) in [5, 5.41) is 16.2. The zero-order chi connectivity index (χ0) is 23.4. The number of halogens is 1. The predicted molar refractivity (Wildman–Crippen MR) is 133 cm³/mol. The van der Waals surface area contributed by atoms with Crippen LogP contribution in [0.1, 0.15) is 24.8 Å². The lowest BCUT2D eigenvalue weighted by Gasteiger charge is -2.36. The second-order valence-corrected chi connectivity index (χ2v) is 8.64. The molecule has 6 nitrogen and oxygen atoms in total. The first-order chi connectivity index (χ1) is 16.0. The van der Waals surface area contributed by atoms with Gasteiger partial charge in [-0.15, -0.1) is 0 Å². The molecule has 1 amide bonds. The van der Waals surface area contributed by atoms with Gasteiger partial charge in [-0.2, -0.15) is 0 Å². The number of nitrogens with two attached hydrogens (primary N) is 2. The van der Waals surface area contributed by atoms with Crippen LogP contribution in [-0.4, -0.2) is 24.3 Å². The summed E-state index contributed by atoms with van der Waals surface area (Å²) in [6.07, 6.45) is 2.53. The zero-order valence-electron chi connectivity index (χ0n) is 18.1. The van der Waals surface area contributed by atoms with E-state index in [-0.39, 0.29) is 17.4 Å². The van der Waals surface area contributed by atoms with Gasteiger partial charge < -0.3 is 16.0 Å². The van der Waals surface area contributed by atoms with Gasteiger partial charge in [-0.3, -0.25) is 15.3 Å². The highest BCUT2D eigenvalue weighted by atomic mass is 32.2. The number of hydrogen-bond acceptors (Lipinski definition) is 5. The first-order valence-corrected chi connectivity index (χ1v) is 11.6. The second kappa shape index (κ2) is 10.1. The third-order valence-electron chi connectivity index (χ3n) is 5.85. The van der Waals surface area contributed by atoms with Gasteiger partial charge in [-0.1, -0.05) is 36.4 Å². The highest BCUT2D eigenvalue weighted by molar-refractivity contribution is 7.97. The van der Waals surface area contributed by atoms with Crippen LogP contribution in [0.3, 0.4) is 0 Å². The molecule has 4 rings (SSSR count). The van der Waals surface area contributed by atoms with Crippen LogP contribution >= 0.6 is 11.9 Å². The fourth-order valence-electron chi connectivity index (χ4n) is 4.17. The molecule has 0 aromatic heterocycles. The number of nitrogens with one attached hydrogen (secondary N) is 2. The molecule has 6 N–H and O–H groups in total. The molecule has 1 saturated heterocycles. The smallest absolute Gasteiger partial charge is 0.247 e. The van der Waals surface area contributed by atoms with Crippen LogP contribution in [0.2, 0.25) is 0 Å². The van der Waals surface area contributed by atoms with Crippen molar-refractivity contribution >= 4 is 35.1 Å². The Morgan fingerprint density at radius 2 is 1.91 bits per heavy atom. The number of hydrogen-bond donors (Lipinski definition) is 4. The number of anilines is 2. The summed E-state index contributed by atoms with van der Waals surface area (Å²) in [5.74, 6) is -0.780. The number of nitrogens with zero attached hydrogens (tertiary/aromatic N) is 1. The van der Waals surface area contributed by atoms with E-state index >= 15 is 0 Å². The Hall–Kier alpha value is -3.36. The summed E-state index contributed by atoms with van der Waals surface area (Å²) in [6, 6.07) is 19.2. The lowest BCUT2D eigenvalue weighted by atomic mass is 9.99. The van der Waals surface area contributed by atoms with E-state index < -0.39 is 11.9 Å². The van der Waals surface area contributed by atoms with Gasteiger partial charge in [0, 0.05) is 22.7 Å². The molecule has 0 bridgehead atoms. The van der Waals surface area contributed by atoms with Crippen molar-refractivity contribution in [1.82, 2.24) is 0 Å². The highest BCUT2D eigenvalue weighted by Crippen LogP contribution is 2.32. The number of amidine groups is 1. The molecule has 1 heterocycles. The van der Waals surface area contributed by atoms with Gasteiger partial charge in [0.15, 0.2) is 0 Å². The Labute approximate surface area is 196 Å². The molecule has 170 valence electrons. The molecule has 3 aromatic carbocycles. The fourth-order valence-corrected chi connectivity index (χ4v) is 4.64. The summed E-state index contributed by atoms with van der Waals surface area (Å²) in [7, 11) is 0. The molecule has 0 aliphatic carbocycles. The zero-order valence-corrected chi connectivity index (χ0v) is 18.9. The summed E-state index contributed by atoms with van der Waals surface area (Å²) in [4.78, 5) is 16.0. The second-order valence-electron chi connectivity index (χ2n) is 7.97. The van der Waals surface area contributed by atoms with Gasteiger partial charge >= 0.3 is 0 Å². The first kappa shape index (κ1) is 22.8. The number of carbonyl (C=O) groups is 1. The molecule has 33 heavy (non-hydrogen) atoms. The third kappa shape index (κ3) is 5.02. The summed E-state index contributed by atoms with van der Waals surface area (Å²) in [5.41, 5.74) is 8.74. The maximum absolute atomic E-state index is 15.0. The van der Waals surface area contributed by atoms with Gasteiger partial charge in [0.2, 0.25) is 5.91 Å². The van der Waals surface area contributed by atoms with E-state index in [1.807, 2.05) is 47.4 Å². The summed E-state index contributed by atoms with van der Waals surface area (Å²) in [6.45, 7) is 0.703. The minimum absolute atomic E-state index is 0.0216. The average molecular weight is 464 g/mol. The van der Waals surface area contributed by atoms with Crippen molar-refractivity contribution in [3.05, 3.63) is 78.1 Å². The van der Waals surface area contributed by atoms with Crippen molar-refractivity contribution in [2.24, 2.45) is 10.9 Å². The van der Waals surface area contributed by atoms with E-state index in [0.29, 0.717) is 24.1 Å². The highest BCUT2D eigenvalue weighted by Gasteiger charge is 2.29. The van der Waals surface area contributed by atoms with Crippen molar-refractivity contribution < 1.29 is 9.18 Å². The van der Waals surface area contributed by atoms with E-state index in [1.54, 1.807) is 18.2 Å². The van der Waals surface area contributed by atoms with Crippen LogP contribution in [0, 0.1) is 11.2 Å². The van der Waals surface area contributed by atoms with Crippen LogP contribution < -0.4 is 21.1 Å². The lowest BCUT2D eigenvalue weighted by Crippen LogP contribution is -2.47. The van der Waals surface area contributed by atoms with Crippen LogP contribution in [0.4, 0.5) is 15.8 Å². The van der Waals surface area contributed by atoms with Crippen molar-refractivity contribution in [2.75, 3.05) is 16.8 Å². The molecular weight excluding hydrogens is 437 g/mol. The van der Waals surface area contributed by atoms with Gasteiger partial charge in [0.05, 0.1) is 5.69 Å². The van der Waals surface area contributed by atoms with E-state index in [4.69, 9.17) is 16.3 Å². The lowest BCUT2D eigenvalue weighted by molar-refractivity contribution is -0.117. The van der Waals surface area contributed by atoms with Crippen molar-refractivity contribution in [2.45, 2.75) is 30.2 Å². The molecule has 0 radical (unpaired) electrons. The van der Waals surface area contributed by atoms with Gasteiger partial charge in [-0.25, -0.2) is 4.39 Å². The Morgan fingerprint density at radius 1 is 1.09 bits per heavy atom. The maximum atomic E-state index is 15.0. The van der Waals surface area contributed by atoms with Gasteiger partial charge in [0.25, 0.3) is 0 Å². The molecule has 1 aliphatic rings. The van der Waals surface area contributed by atoms with E-state index in [1.165, 1.54) is 6.07 Å². The standard InChI is InChI=1S/C25H26FN5OS/c26-20-15-16(19-8-1-2-10-23(19)33-29)11-12-21(20)30-25(32)22-9-3-4-13-31(22)18-7-5-6-17(14-18)24(27)28/h1-2,5-8,10-12,14-15,22H,3-4,9,13,29H2,(H3,27,28)(H,30,32). The number of piperidine rings is 1. The van der Waals surface area contributed by atoms with Crippen LogP contribution in [-0.2, 0) is 4.79 Å². The number of rotatable bonds is 6. The molecule has 1 atom stereocenters. The van der Waals surface area contributed by atoms with E-state index in [2.05, 4.69) is 5.32 Å². The molecule has 3 aromatic rings. The molecule has 8 heteroatoms. The van der Waals surface area contributed by atoms with E-state index in [0.717, 1.165) is 40.9 Å². The Balaban J connectivity index is 1.55. The van der Waals surface area contributed by atoms with Crippen molar-refractivity contribution in [3.8, 4) is 11.1 Å².